The number of aromatic nitrogens is 2. The maximum Gasteiger partial charge on any atom is 0.414 e. The number of carbonyl (C=O) groups is 2. The van der Waals surface area contributed by atoms with Crippen molar-refractivity contribution in [2.24, 2.45) is 5.41 Å². The van der Waals surface area contributed by atoms with Crippen LogP contribution in [0.1, 0.15) is 26.8 Å². The molecular weight excluding hydrogens is 412 g/mol. The minimum absolute atomic E-state index is 0.0588. The highest BCUT2D eigenvalue weighted by atomic mass is 16.6. The maximum atomic E-state index is 13.1. The number of anilines is 2. The minimum atomic E-state index is -0.408. The Morgan fingerprint density at radius 2 is 1.97 bits per heavy atom. The Labute approximate surface area is 186 Å². The first-order valence-electron chi connectivity index (χ1n) is 10.9. The number of fused-ring (bicyclic) bond motifs is 1. The number of benzene rings is 1. The summed E-state index contributed by atoms with van der Waals surface area (Å²) >= 11 is 0. The van der Waals surface area contributed by atoms with E-state index in [2.05, 4.69) is 5.10 Å². The van der Waals surface area contributed by atoms with Gasteiger partial charge in [0.15, 0.2) is 0 Å². The van der Waals surface area contributed by atoms with Gasteiger partial charge in [0.05, 0.1) is 56.1 Å². The first-order valence-corrected chi connectivity index (χ1v) is 10.9. The van der Waals surface area contributed by atoms with E-state index in [1.54, 1.807) is 16.7 Å². The molecule has 0 spiro atoms. The van der Waals surface area contributed by atoms with E-state index in [0.717, 1.165) is 11.1 Å². The van der Waals surface area contributed by atoms with Crippen LogP contribution in [0, 0.1) is 5.41 Å². The third kappa shape index (κ3) is 3.65. The van der Waals surface area contributed by atoms with Crippen LogP contribution in [0.2, 0.25) is 0 Å². The van der Waals surface area contributed by atoms with Crippen molar-refractivity contribution in [2.45, 2.75) is 32.9 Å². The molecule has 170 valence electrons. The van der Waals surface area contributed by atoms with Gasteiger partial charge < -0.3 is 19.1 Å². The molecule has 0 radical (unpaired) electrons. The fourth-order valence-corrected chi connectivity index (χ4v) is 4.37. The van der Waals surface area contributed by atoms with E-state index in [9.17, 15) is 9.59 Å². The Bertz CT molecular complexity index is 1040. The molecule has 9 nitrogen and oxygen atoms in total. The summed E-state index contributed by atoms with van der Waals surface area (Å²) in [6.07, 6.45) is 3.39. The highest BCUT2D eigenvalue weighted by Gasteiger charge is 2.38. The molecule has 1 unspecified atom stereocenters. The van der Waals surface area contributed by atoms with Gasteiger partial charge in [-0.05, 0) is 24.6 Å². The van der Waals surface area contributed by atoms with Crippen LogP contribution < -0.4 is 9.80 Å². The summed E-state index contributed by atoms with van der Waals surface area (Å²) in [6, 6.07) is 5.89. The summed E-state index contributed by atoms with van der Waals surface area (Å²) in [7, 11) is 0. The van der Waals surface area contributed by atoms with Crippen LogP contribution >= 0.6 is 0 Å². The predicted octanol–water partition coefficient (Wildman–Crippen LogP) is 2.86. The van der Waals surface area contributed by atoms with Crippen molar-refractivity contribution in [3.8, 4) is 11.1 Å². The van der Waals surface area contributed by atoms with Crippen LogP contribution in [0.4, 0.5) is 16.2 Å². The number of nitrogens with zero attached hydrogens (tertiary/aromatic N) is 4. The monoisotopic (exact) mass is 440 g/mol. The molecule has 2 saturated heterocycles. The highest BCUT2D eigenvalue weighted by Crippen LogP contribution is 2.39. The fraction of sp³-hybridized carbons (Fsp3) is 0.522. The molecule has 3 aliphatic rings. The number of hydrogen-bond donors (Lipinski definition) is 0. The van der Waals surface area contributed by atoms with Gasteiger partial charge in [-0.15, -0.1) is 0 Å². The molecule has 2 aromatic rings. The predicted molar refractivity (Wildman–Crippen MR) is 118 cm³/mol. The molecule has 1 aromatic carbocycles. The quantitative estimate of drug-likeness (QED) is 0.727. The van der Waals surface area contributed by atoms with E-state index >= 15 is 0 Å². The molecular formula is C23H28N4O5. The second-order valence-corrected chi connectivity index (χ2v) is 9.31. The molecule has 9 heteroatoms. The van der Waals surface area contributed by atoms with E-state index < -0.39 is 6.09 Å². The van der Waals surface area contributed by atoms with Crippen LogP contribution in [0.3, 0.4) is 0 Å². The summed E-state index contributed by atoms with van der Waals surface area (Å²) < 4.78 is 18.1. The molecule has 5 rings (SSSR count). The third-order valence-electron chi connectivity index (χ3n) is 6.35. The minimum Gasteiger partial charge on any atom is -0.448 e. The summed E-state index contributed by atoms with van der Waals surface area (Å²) in [5, 5.41) is 4.46. The molecule has 0 N–H and O–H groups in total. The van der Waals surface area contributed by atoms with Gasteiger partial charge in [0.2, 0.25) is 5.91 Å². The van der Waals surface area contributed by atoms with Gasteiger partial charge >= 0.3 is 6.09 Å². The lowest BCUT2D eigenvalue weighted by Gasteiger charge is -2.41. The lowest BCUT2D eigenvalue weighted by molar-refractivity contribution is -0.125. The van der Waals surface area contributed by atoms with Gasteiger partial charge in [-0.1, -0.05) is 13.0 Å². The highest BCUT2D eigenvalue weighted by molar-refractivity contribution is 6.03. The fourth-order valence-electron chi connectivity index (χ4n) is 4.37. The molecule has 0 saturated carbocycles. The lowest BCUT2D eigenvalue weighted by atomic mass is 9.90. The van der Waals surface area contributed by atoms with Crippen LogP contribution in [-0.2, 0) is 19.0 Å². The summed E-state index contributed by atoms with van der Waals surface area (Å²) in [5.74, 6) is -0.0588. The Kier molecular flexibility index (Phi) is 5.17. The summed E-state index contributed by atoms with van der Waals surface area (Å²) in [6.45, 7) is 8.70. The van der Waals surface area contributed by atoms with E-state index in [4.69, 9.17) is 14.2 Å². The molecule has 4 heterocycles. The molecule has 2 fully saturated rings. The molecule has 32 heavy (non-hydrogen) atoms. The first kappa shape index (κ1) is 21.0. The zero-order valence-corrected chi connectivity index (χ0v) is 18.6. The molecule has 0 bridgehead atoms. The van der Waals surface area contributed by atoms with Crippen molar-refractivity contribution in [1.29, 1.82) is 0 Å². The van der Waals surface area contributed by atoms with Crippen LogP contribution in [0.25, 0.3) is 11.1 Å². The van der Waals surface area contributed by atoms with E-state index in [-0.39, 0.29) is 23.4 Å². The first-order chi connectivity index (χ1) is 15.3. The van der Waals surface area contributed by atoms with Crippen molar-refractivity contribution in [3.63, 3.8) is 0 Å². The second kappa shape index (κ2) is 7.90. The Morgan fingerprint density at radius 1 is 1.19 bits per heavy atom. The zero-order chi connectivity index (χ0) is 22.5. The normalized spacial score (nSPS) is 22.0. The standard InChI is InChI=1S/C23H28N4O5/c1-15-8-25(22(29)32-14-23(3)12-31-13-23)21-6-17(4-5-20(21)27(15)16(2)28)18-7-24-26(9-18)19-10-30-11-19/h4-7,9,15,19H,8,10-14H2,1-3H3. The lowest BCUT2D eigenvalue weighted by Crippen LogP contribution is -2.52. The maximum absolute atomic E-state index is 13.1. The van der Waals surface area contributed by atoms with E-state index in [1.165, 1.54) is 0 Å². The molecule has 2 amide bonds. The zero-order valence-electron chi connectivity index (χ0n) is 18.6. The number of carbonyl (C=O) groups excluding carboxylic acids is 2. The van der Waals surface area contributed by atoms with Crippen molar-refractivity contribution < 1.29 is 23.8 Å². The molecule has 1 atom stereocenters. The average molecular weight is 441 g/mol. The molecule has 0 aliphatic carbocycles. The largest absolute Gasteiger partial charge is 0.448 e. The van der Waals surface area contributed by atoms with Crippen LogP contribution in [-0.4, -0.2) is 67.4 Å². The molecule has 3 aliphatic heterocycles. The van der Waals surface area contributed by atoms with Gasteiger partial charge in [0.1, 0.15) is 6.61 Å². The van der Waals surface area contributed by atoms with Gasteiger partial charge in [-0.2, -0.15) is 5.10 Å². The Morgan fingerprint density at radius 3 is 2.59 bits per heavy atom. The Hall–Kier alpha value is -2.91. The molecule has 1 aromatic heterocycles. The number of amides is 2. The average Bonchev–Trinajstić information content (AvgIpc) is 3.17. The number of rotatable bonds is 4. The summed E-state index contributed by atoms with van der Waals surface area (Å²) in [4.78, 5) is 28.8. The van der Waals surface area contributed by atoms with Crippen molar-refractivity contribution >= 4 is 23.4 Å². The van der Waals surface area contributed by atoms with E-state index in [1.807, 2.05) is 49.1 Å². The third-order valence-corrected chi connectivity index (χ3v) is 6.35. The van der Waals surface area contributed by atoms with Crippen LogP contribution in [0.5, 0.6) is 0 Å². The van der Waals surface area contributed by atoms with Gasteiger partial charge in [0.25, 0.3) is 0 Å². The number of ether oxygens (including phenoxy) is 3. The van der Waals surface area contributed by atoms with Crippen LogP contribution in [0.15, 0.2) is 30.6 Å². The van der Waals surface area contributed by atoms with Gasteiger partial charge in [-0.25, -0.2) is 4.79 Å². The van der Waals surface area contributed by atoms with Crippen molar-refractivity contribution in [1.82, 2.24) is 9.78 Å². The van der Waals surface area contributed by atoms with Crippen molar-refractivity contribution in [3.05, 3.63) is 30.6 Å². The van der Waals surface area contributed by atoms with Gasteiger partial charge in [0, 0.05) is 30.6 Å². The Balaban J connectivity index is 1.46. The second-order valence-electron chi connectivity index (χ2n) is 9.31. The van der Waals surface area contributed by atoms with Gasteiger partial charge in [-0.3, -0.25) is 14.4 Å². The van der Waals surface area contributed by atoms with Crippen molar-refractivity contribution in [2.75, 3.05) is 49.4 Å². The number of hydrogen-bond acceptors (Lipinski definition) is 6. The van der Waals surface area contributed by atoms with E-state index in [0.29, 0.717) is 51.0 Å². The topological polar surface area (TPSA) is 86.1 Å². The smallest absolute Gasteiger partial charge is 0.414 e. The summed E-state index contributed by atoms with van der Waals surface area (Å²) in [5.41, 5.74) is 3.10. The SMILES string of the molecule is CC(=O)N1c2ccc(-c3cnn(C4COC4)c3)cc2N(C(=O)OCC2(C)COC2)CC1C.